The average Bonchev–Trinajstić information content (AvgIpc) is 3.26. The van der Waals surface area contributed by atoms with E-state index in [9.17, 15) is 4.79 Å². The first-order valence-corrected chi connectivity index (χ1v) is 7.09. The maximum atomic E-state index is 11.8. The number of aromatic nitrogens is 2. The number of anilines is 2. The van der Waals surface area contributed by atoms with E-state index in [0.717, 1.165) is 24.1 Å². The lowest BCUT2D eigenvalue weighted by atomic mass is 10.1. The third-order valence-electron chi connectivity index (χ3n) is 3.44. The van der Waals surface area contributed by atoms with Crippen molar-refractivity contribution in [3.05, 3.63) is 47.4 Å². The maximum absolute atomic E-state index is 11.8. The Kier molecular flexibility index (Phi) is 3.56. The summed E-state index contributed by atoms with van der Waals surface area (Å²) in [6.45, 7) is 4.10. The van der Waals surface area contributed by atoms with Crippen LogP contribution in [0, 0.1) is 13.8 Å². The lowest BCUT2D eigenvalue weighted by Gasteiger charge is -2.09. The minimum atomic E-state index is -0.150. The lowest BCUT2D eigenvalue weighted by molar-refractivity contribution is 0.0945. The van der Waals surface area contributed by atoms with E-state index in [-0.39, 0.29) is 5.91 Å². The van der Waals surface area contributed by atoms with E-state index < -0.39 is 0 Å². The Labute approximate surface area is 123 Å². The van der Waals surface area contributed by atoms with Gasteiger partial charge in [-0.05, 0) is 38.3 Å². The van der Waals surface area contributed by atoms with Crippen molar-refractivity contribution in [3.63, 3.8) is 0 Å². The number of carbonyl (C=O) groups is 1. The number of nitrogens with zero attached hydrogens (tertiary/aromatic N) is 2. The molecule has 1 saturated carbocycles. The molecule has 2 aromatic rings. The highest BCUT2D eigenvalue weighted by Gasteiger charge is 2.24. The monoisotopic (exact) mass is 282 g/mol. The first kappa shape index (κ1) is 13.5. The van der Waals surface area contributed by atoms with Crippen molar-refractivity contribution in [2.24, 2.45) is 0 Å². The van der Waals surface area contributed by atoms with Gasteiger partial charge in [-0.3, -0.25) is 4.79 Å². The summed E-state index contributed by atoms with van der Waals surface area (Å²) in [5.41, 5.74) is 3.71. The first-order chi connectivity index (χ1) is 10.1. The lowest BCUT2D eigenvalue weighted by Crippen LogP contribution is -2.26. The summed E-state index contributed by atoms with van der Waals surface area (Å²) in [5, 5.41) is 6.11. The molecule has 1 aliphatic carbocycles. The van der Waals surface area contributed by atoms with Crippen LogP contribution in [0.4, 0.5) is 11.5 Å². The molecule has 0 radical (unpaired) electrons. The highest BCUT2D eigenvalue weighted by Crippen LogP contribution is 2.20. The molecular weight excluding hydrogens is 264 g/mol. The van der Waals surface area contributed by atoms with Crippen molar-refractivity contribution in [3.8, 4) is 0 Å². The Balaban J connectivity index is 1.70. The van der Waals surface area contributed by atoms with E-state index in [1.165, 1.54) is 11.8 Å². The molecule has 3 rings (SSSR count). The average molecular weight is 282 g/mol. The van der Waals surface area contributed by atoms with E-state index in [1.54, 1.807) is 6.20 Å². The number of nitrogens with one attached hydrogen (secondary N) is 2. The summed E-state index contributed by atoms with van der Waals surface area (Å²) in [6, 6.07) is 6.49. The minimum absolute atomic E-state index is 0.150. The largest absolute Gasteiger partial charge is 0.348 e. The fourth-order valence-electron chi connectivity index (χ4n) is 2.09. The Morgan fingerprint density at radius 3 is 2.62 bits per heavy atom. The zero-order valence-corrected chi connectivity index (χ0v) is 12.2. The molecule has 0 aliphatic heterocycles. The second-order valence-electron chi connectivity index (χ2n) is 5.48. The molecule has 0 atom stereocenters. The van der Waals surface area contributed by atoms with Gasteiger partial charge in [-0.1, -0.05) is 17.7 Å². The van der Waals surface area contributed by atoms with Crippen molar-refractivity contribution >= 4 is 17.4 Å². The van der Waals surface area contributed by atoms with Crippen LogP contribution in [-0.2, 0) is 0 Å². The van der Waals surface area contributed by atoms with Gasteiger partial charge >= 0.3 is 0 Å². The maximum Gasteiger partial charge on any atom is 0.271 e. The van der Waals surface area contributed by atoms with E-state index in [4.69, 9.17) is 0 Å². The van der Waals surface area contributed by atoms with Gasteiger partial charge in [-0.25, -0.2) is 9.97 Å². The van der Waals surface area contributed by atoms with Gasteiger partial charge in [0.15, 0.2) is 0 Å². The Morgan fingerprint density at radius 2 is 2.00 bits per heavy atom. The molecular formula is C16H18N4O. The summed E-state index contributed by atoms with van der Waals surface area (Å²) >= 11 is 0. The molecule has 21 heavy (non-hydrogen) atoms. The predicted molar refractivity (Wildman–Crippen MR) is 81.7 cm³/mol. The van der Waals surface area contributed by atoms with Crippen LogP contribution < -0.4 is 10.6 Å². The standard InChI is InChI=1S/C16H18N4O/c1-10-3-6-13(11(2)7-10)20-15-9-17-14(8-18-15)16(21)19-12-4-5-12/h3,6-9,12H,4-5H2,1-2H3,(H,18,20)(H,19,21). The number of hydrogen-bond donors (Lipinski definition) is 2. The minimum Gasteiger partial charge on any atom is -0.348 e. The molecule has 1 aliphatic rings. The molecule has 0 spiro atoms. The second kappa shape index (κ2) is 5.52. The SMILES string of the molecule is Cc1ccc(Nc2cnc(C(=O)NC3CC3)cn2)c(C)c1. The molecule has 1 amide bonds. The normalized spacial score (nSPS) is 13.8. The topological polar surface area (TPSA) is 66.9 Å². The predicted octanol–water partition coefficient (Wildman–Crippen LogP) is 2.73. The molecule has 1 heterocycles. The van der Waals surface area contributed by atoms with Crippen LogP contribution in [0.2, 0.25) is 0 Å². The van der Waals surface area contributed by atoms with Gasteiger partial charge in [0.05, 0.1) is 12.4 Å². The van der Waals surface area contributed by atoms with Gasteiger partial charge in [-0.15, -0.1) is 0 Å². The van der Waals surface area contributed by atoms with Crippen LogP contribution in [0.1, 0.15) is 34.5 Å². The zero-order chi connectivity index (χ0) is 14.8. The third kappa shape index (κ3) is 3.37. The molecule has 0 unspecified atom stereocenters. The summed E-state index contributed by atoms with van der Waals surface area (Å²) in [4.78, 5) is 20.2. The van der Waals surface area contributed by atoms with Gasteiger partial charge in [0, 0.05) is 11.7 Å². The quantitative estimate of drug-likeness (QED) is 0.905. The van der Waals surface area contributed by atoms with Crippen molar-refractivity contribution in [1.82, 2.24) is 15.3 Å². The van der Waals surface area contributed by atoms with Crippen LogP contribution in [0.15, 0.2) is 30.6 Å². The Hall–Kier alpha value is -2.43. The molecule has 5 nitrogen and oxygen atoms in total. The van der Waals surface area contributed by atoms with E-state index in [0.29, 0.717) is 17.6 Å². The molecule has 108 valence electrons. The number of amides is 1. The van der Waals surface area contributed by atoms with Crippen LogP contribution in [0.5, 0.6) is 0 Å². The number of rotatable bonds is 4. The van der Waals surface area contributed by atoms with Crippen molar-refractivity contribution in [2.45, 2.75) is 32.7 Å². The number of benzene rings is 1. The summed E-state index contributed by atoms with van der Waals surface area (Å²) < 4.78 is 0. The van der Waals surface area contributed by atoms with Crippen molar-refractivity contribution in [1.29, 1.82) is 0 Å². The fourth-order valence-corrected chi connectivity index (χ4v) is 2.09. The van der Waals surface area contributed by atoms with Gasteiger partial charge in [-0.2, -0.15) is 0 Å². The van der Waals surface area contributed by atoms with Gasteiger partial charge in [0.1, 0.15) is 11.5 Å². The van der Waals surface area contributed by atoms with Crippen molar-refractivity contribution < 1.29 is 4.79 Å². The molecule has 2 N–H and O–H groups in total. The molecule has 0 saturated heterocycles. The van der Waals surface area contributed by atoms with E-state index >= 15 is 0 Å². The van der Waals surface area contributed by atoms with Crippen LogP contribution in [0.3, 0.4) is 0 Å². The summed E-state index contributed by atoms with van der Waals surface area (Å²) in [7, 11) is 0. The summed E-state index contributed by atoms with van der Waals surface area (Å²) in [6.07, 6.45) is 5.21. The summed E-state index contributed by atoms with van der Waals surface area (Å²) in [5.74, 6) is 0.480. The molecule has 1 aromatic heterocycles. The fraction of sp³-hybridized carbons (Fsp3) is 0.312. The Morgan fingerprint density at radius 1 is 1.19 bits per heavy atom. The van der Waals surface area contributed by atoms with E-state index in [2.05, 4.69) is 33.6 Å². The van der Waals surface area contributed by atoms with Crippen LogP contribution in [0.25, 0.3) is 0 Å². The number of aryl methyl sites for hydroxylation is 2. The molecule has 1 aromatic carbocycles. The third-order valence-corrected chi connectivity index (χ3v) is 3.44. The highest BCUT2D eigenvalue weighted by molar-refractivity contribution is 5.92. The van der Waals surface area contributed by atoms with Gasteiger partial charge < -0.3 is 10.6 Å². The van der Waals surface area contributed by atoms with Crippen molar-refractivity contribution in [2.75, 3.05) is 5.32 Å². The number of hydrogen-bond acceptors (Lipinski definition) is 4. The van der Waals surface area contributed by atoms with E-state index in [1.807, 2.05) is 19.1 Å². The Bertz CT molecular complexity index is 662. The zero-order valence-electron chi connectivity index (χ0n) is 12.2. The second-order valence-corrected chi connectivity index (χ2v) is 5.48. The first-order valence-electron chi connectivity index (χ1n) is 7.09. The van der Waals surface area contributed by atoms with Crippen LogP contribution in [-0.4, -0.2) is 21.9 Å². The molecule has 1 fully saturated rings. The van der Waals surface area contributed by atoms with Crippen LogP contribution >= 0.6 is 0 Å². The smallest absolute Gasteiger partial charge is 0.271 e. The molecule has 5 heteroatoms. The van der Waals surface area contributed by atoms with Gasteiger partial charge in [0.25, 0.3) is 5.91 Å². The highest BCUT2D eigenvalue weighted by atomic mass is 16.2. The molecule has 0 bridgehead atoms. The van der Waals surface area contributed by atoms with Gasteiger partial charge in [0.2, 0.25) is 0 Å². The number of carbonyl (C=O) groups excluding carboxylic acids is 1.